The average molecular weight is 143 g/mol. The van der Waals surface area contributed by atoms with Crippen LogP contribution in [0.3, 0.4) is 0 Å². The maximum absolute atomic E-state index is 9.13. The van der Waals surface area contributed by atoms with E-state index in [1.807, 2.05) is 13.0 Å². The molecule has 1 heterocycles. The van der Waals surface area contributed by atoms with Gasteiger partial charge >= 0.3 is 0 Å². The number of rotatable bonds is 0. The van der Waals surface area contributed by atoms with Crippen molar-refractivity contribution in [3.63, 3.8) is 0 Å². The molecule has 3 heteroatoms. The van der Waals surface area contributed by atoms with E-state index in [-0.39, 0.29) is 0 Å². The minimum absolute atomic E-state index is 0.645. The maximum Gasteiger partial charge on any atom is 0.0395 e. The summed E-state index contributed by atoms with van der Waals surface area (Å²) < 4.78 is 9.13. The lowest BCUT2D eigenvalue weighted by molar-refractivity contribution is 0.667. The van der Waals surface area contributed by atoms with Crippen molar-refractivity contribution in [3.8, 4) is 0 Å². The third kappa shape index (κ3) is 1.43. The van der Waals surface area contributed by atoms with Gasteiger partial charge < -0.3 is 10.3 Å². The Balaban J connectivity index is 3.01. The molecule has 1 aliphatic rings. The van der Waals surface area contributed by atoms with E-state index in [4.69, 9.17) is 10.3 Å². The summed E-state index contributed by atoms with van der Waals surface area (Å²) in [6.07, 6.45) is 3.62. The van der Waals surface area contributed by atoms with Crippen LogP contribution in [0.4, 0.5) is 0 Å². The SMILES string of the molecule is CC1=S(O)C=C(N)C=C1. The van der Waals surface area contributed by atoms with Crippen LogP contribution in [0.25, 0.3) is 0 Å². The van der Waals surface area contributed by atoms with E-state index in [1.165, 1.54) is 0 Å². The van der Waals surface area contributed by atoms with Crippen molar-refractivity contribution in [3.05, 3.63) is 23.3 Å². The molecule has 0 amide bonds. The zero-order valence-corrected chi connectivity index (χ0v) is 5.98. The van der Waals surface area contributed by atoms with E-state index < -0.39 is 10.8 Å². The summed E-state index contributed by atoms with van der Waals surface area (Å²) in [5.41, 5.74) is 6.04. The molecule has 0 aliphatic carbocycles. The molecule has 1 rings (SSSR count). The molecule has 50 valence electrons. The quantitative estimate of drug-likeness (QED) is 0.502. The summed E-state index contributed by atoms with van der Waals surface area (Å²) in [5.74, 6) is 0. The molecule has 1 aliphatic heterocycles. The van der Waals surface area contributed by atoms with Crippen molar-refractivity contribution >= 4 is 15.6 Å². The molecule has 1 unspecified atom stereocenters. The zero-order chi connectivity index (χ0) is 6.85. The van der Waals surface area contributed by atoms with Crippen LogP contribution in [0.2, 0.25) is 0 Å². The molecule has 0 saturated carbocycles. The lowest BCUT2D eigenvalue weighted by Crippen LogP contribution is -1.98. The number of nitrogens with two attached hydrogens (primary N) is 1. The molecule has 0 bridgehead atoms. The van der Waals surface area contributed by atoms with Gasteiger partial charge in [0.1, 0.15) is 0 Å². The van der Waals surface area contributed by atoms with Crippen molar-refractivity contribution in [2.45, 2.75) is 6.92 Å². The molecule has 0 fully saturated rings. The number of hydrogen-bond acceptors (Lipinski definition) is 2. The Morgan fingerprint density at radius 1 is 1.56 bits per heavy atom. The molecule has 0 aromatic heterocycles. The Hall–Kier alpha value is -0.540. The van der Waals surface area contributed by atoms with Crippen LogP contribution >= 0.6 is 10.8 Å². The monoisotopic (exact) mass is 143 g/mol. The summed E-state index contributed by atoms with van der Waals surface area (Å²) >= 11 is 0. The number of allylic oxidation sites excluding steroid dienone is 2. The van der Waals surface area contributed by atoms with E-state index >= 15 is 0 Å². The molecule has 3 N–H and O–H groups in total. The van der Waals surface area contributed by atoms with E-state index in [2.05, 4.69) is 0 Å². The Morgan fingerprint density at radius 3 is 2.67 bits per heavy atom. The van der Waals surface area contributed by atoms with Crippen molar-refractivity contribution in [1.29, 1.82) is 0 Å². The topological polar surface area (TPSA) is 46.2 Å². The van der Waals surface area contributed by atoms with Gasteiger partial charge in [0, 0.05) is 16.0 Å². The van der Waals surface area contributed by atoms with Crippen LogP contribution in [0.5, 0.6) is 0 Å². The Morgan fingerprint density at radius 2 is 2.22 bits per heavy atom. The molecule has 0 spiro atoms. The highest BCUT2D eigenvalue weighted by Crippen LogP contribution is 2.17. The number of hydrogen-bond donors (Lipinski definition) is 2. The van der Waals surface area contributed by atoms with Crippen molar-refractivity contribution < 1.29 is 4.55 Å². The smallest absolute Gasteiger partial charge is 0.0395 e. The fraction of sp³-hybridized carbons (Fsp3) is 0.167. The first-order chi connectivity index (χ1) is 4.20. The van der Waals surface area contributed by atoms with Gasteiger partial charge in [-0.05, 0) is 29.8 Å². The van der Waals surface area contributed by atoms with Gasteiger partial charge in [-0.15, -0.1) is 0 Å². The Labute approximate surface area is 56.8 Å². The molecule has 9 heavy (non-hydrogen) atoms. The standard InChI is InChI=1S/C6H9NOS/c1-5-2-3-6(7)4-9(5)8/h2-4,8H,7H2,1H3. The summed E-state index contributed by atoms with van der Waals surface area (Å²) in [4.78, 5) is 0.962. The summed E-state index contributed by atoms with van der Waals surface area (Å²) in [6.45, 7) is 1.88. The molecular formula is C6H9NOS. The highest BCUT2D eigenvalue weighted by molar-refractivity contribution is 8.13. The normalized spacial score (nSPS) is 26.2. The minimum Gasteiger partial charge on any atom is -0.398 e. The van der Waals surface area contributed by atoms with Crippen molar-refractivity contribution in [2.75, 3.05) is 0 Å². The fourth-order valence-electron chi connectivity index (χ4n) is 0.544. The summed E-state index contributed by atoms with van der Waals surface area (Å²) in [7, 11) is -0.722. The van der Waals surface area contributed by atoms with Gasteiger partial charge in [-0.1, -0.05) is 0 Å². The molecule has 0 radical (unpaired) electrons. The van der Waals surface area contributed by atoms with Gasteiger partial charge in [0.15, 0.2) is 0 Å². The van der Waals surface area contributed by atoms with E-state index in [0.29, 0.717) is 5.70 Å². The second-order valence-electron chi connectivity index (χ2n) is 1.88. The predicted octanol–water partition coefficient (Wildman–Crippen LogP) is 1.29. The first-order valence-corrected chi connectivity index (χ1v) is 3.86. The predicted molar refractivity (Wildman–Crippen MR) is 42.3 cm³/mol. The van der Waals surface area contributed by atoms with Gasteiger partial charge in [0.05, 0.1) is 0 Å². The van der Waals surface area contributed by atoms with Crippen LogP contribution in [0, 0.1) is 0 Å². The van der Waals surface area contributed by atoms with E-state index in [0.717, 1.165) is 4.86 Å². The lowest BCUT2D eigenvalue weighted by atomic mass is 10.3. The highest BCUT2D eigenvalue weighted by atomic mass is 32.2. The van der Waals surface area contributed by atoms with Gasteiger partial charge in [-0.3, -0.25) is 0 Å². The average Bonchev–Trinajstić information content (AvgIpc) is 1.80. The molecular weight excluding hydrogens is 134 g/mol. The Kier molecular flexibility index (Phi) is 1.73. The Bertz CT molecular complexity index is 215. The molecule has 2 nitrogen and oxygen atoms in total. The molecule has 1 atom stereocenters. The fourth-order valence-corrected chi connectivity index (χ4v) is 1.27. The molecule has 0 saturated heterocycles. The van der Waals surface area contributed by atoms with Crippen molar-refractivity contribution in [2.24, 2.45) is 5.73 Å². The van der Waals surface area contributed by atoms with Crippen LogP contribution in [0.15, 0.2) is 23.3 Å². The van der Waals surface area contributed by atoms with E-state index in [9.17, 15) is 0 Å². The van der Waals surface area contributed by atoms with Gasteiger partial charge in [-0.2, -0.15) is 0 Å². The minimum atomic E-state index is -0.722. The van der Waals surface area contributed by atoms with Crippen molar-refractivity contribution in [1.82, 2.24) is 0 Å². The lowest BCUT2D eigenvalue weighted by Gasteiger charge is -2.03. The largest absolute Gasteiger partial charge is 0.398 e. The third-order valence-electron chi connectivity index (χ3n) is 1.09. The van der Waals surface area contributed by atoms with Gasteiger partial charge in [-0.25, -0.2) is 0 Å². The van der Waals surface area contributed by atoms with Crippen LogP contribution in [-0.4, -0.2) is 9.42 Å². The first kappa shape index (κ1) is 6.58. The summed E-state index contributed by atoms with van der Waals surface area (Å²) in [5, 5.41) is 1.65. The van der Waals surface area contributed by atoms with Crippen LogP contribution < -0.4 is 5.73 Å². The molecule has 0 aromatic carbocycles. The zero-order valence-electron chi connectivity index (χ0n) is 5.16. The second kappa shape index (κ2) is 2.37. The maximum atomic E-state index is 9.13. The molecule has 0 aromatic rings. The van der Waals surface area contributed by atoms with Gasteiger partial charge in [0.2, 0.25) is 0 Å². The summed E-state index contributed by atoms with van der Waals surface area (Å²) in [6, 6.07) is 0. The third-order valence-corrected chi connectivity index (χ3v) is 2.38. The van der Waals surface area contributed by atoms with E-state index in [1.54, 1.807) is 11.5 Å². The second-order valence-corrected chi connectivity index (χ2v) is 3.39. The first-order valence-electron chi connectivity index (χ1n) is 2.61. The van der Waals surface area contributed by atoms with Crippen LogP contribution in [-0.2, 0) is 0 Å². The van der Waals surface area contributed by atoms with Crippen LogP contribution in [0.1, 0.15) is 6.92 Å². The van der Waals surface area contributed by atoms with Gasteiger partial charge in [0.25, 0.3) is 0 Å². The highest BCUT2D eigenvalue weighted by Gasteiger charge is 1.96.